The summed E-state index contributed by atoms with van der Waals surface area (Å²) >= 11 is 0. The molecule has 0 N–H and O–H groups in total. The van der Waals surface area contributed by atoms with E-state index in [0.29, 0.717) is 19.6 Å². The Kier molecular flexibility index (Phi) is 4.39. The summed E-state index contributed by atoms with van der Waals surface area (Å²) in [5.74, 6) is -0.390. The Labute approximate surface area is 117 Å². The molecule has 0 amide bonds. The number of ether oxygens (including phenoxy) is 1. The normalized spacial score (nSPS) is 20.8. The number of aromatic nitrogens is 3. The SMILES string of the molecule is COC(=O)c1ncn(CC2CCCN(S(C)(=O)=O)C2)n1. The Balaban J connectivity index is 1.99. The van der Waals surface area contributed by atoms with Crippen molar-refractivity contribution in [3.63, 3.8) is 0 Å². The third-order valence-electron chi connectivity index (χ3n) is 3.30. The minimum absolute atomic E-state index is 0.0169. The highest BCUT2D eigenvalue weighted by molar-refractivity contribution is 7.88. The van der Waals surface area contributed by atoms with E-state index in [0.717, 1.165) is 12.8 Å². The van der Waals surface area contributed by atoms with Crippen molar-refractivity contribution in [3.8, 4) is 0 Å². The largest absolute Gasteiger partial charge is 0.463 e. The van der Waals surface area contributed by atoms with Crippen LogP contribution in [-0.4, -0.2) is 59.9 Å². The first-order valence-corrected chi connectivity index (χ1v) is 8.18. The standard InChI is InChI=1S/C11H18N4O4S/c1-19-11(16)10-12-8-14(13-10)6-9-4-3-5-15(7-9)20(2,17)18/h8-9H,3-7H2,1-2H3. The molecule has 1 atom stereocenters. The zero-order chi connectivity index (χ0) is 14.8. The molecule has 0 saturated carbocycles. The zero-order valence-corrected chi connectivity index (χ0v) is 12.3. The number of rotatable bonds is 4. The number of hydrogen-bond acceptors (Lipinski definition) is 6. The van der Waals surface area contributed by atoms with Crippen molar-refractivity contribution < 1.29 is 17.9 Å². The summed E-state index contributed by atoms with van der Waals surface area (Å²) in [5.41, 5.74) is 0. The molecule has 112 valence electrons. The highest BCUT2D eigenvalue weighted by Crippen LogP contribution is 2.19. The average Bonchev–Trinajstić information content (AvgIpc) is 2.85. The lowest BCUT2D eigenvalue weighted by atomic mass is 10.00. The van der Waals surface area contributed by atoms with Gasteiger partial charge in [0.15, 0.2) is 0 Å². The minimum Gasteiger partial charge on any atom is -0.463 e. The van der Waals surface area contributed by atoms with Crippen LogP contribution in [0.2, 0.25) is 0 Å². The Morgan fingerprint density at radius 2 is 2.30 bits per heavy atom. The second-order valence-corrected chi connectivity index (χ2v) is 6.89. The highest BCUT2D eigenvalue weighted by Gasteiger charge is 2.26. The molecule has 1 aliphatic heterocycles. The molecule has 0 radical (unpaired) electrons. The summed E-state index contributed by atoms with van der Waals surface area (Å²) in [6, 6.07) is 0. The van der Waals surface area contributed by atoms with Crippen molar-refractivity contribution in [3.05, 3.63) is 12.2 Å². The van der Waals surface area contributed by atoms with Crippen LogP contribution in [0.5, 0.6) is 0 Å². The molecule has 20 heavy (non-hydrogen) atoms. The van der Waals surface area contributed by atoms with Crippen LogP contribution < -0.4 is 0 Å². The second-order valence-electron chi connectivity index (χ2n) is 4.91. The third-order valence-corrected chi connectivity index (χ3v) is 4.57. The highest BCUT2D eigenvalue weighted by atomic mass is 32.2. The predicted octanol–water partition coefficient (Wildman–Crippen LogP) is -0.264. The van der Waals surface area contributed by atoms with Gasteiger partial charge in [0, 0.05) is 19.6 Å². The van der Waals surface area contributed by atoms with E-state index in [2.05, 4.69) is 14.8 Å². The number of methoxy groups -OCH3 is 1. The lowest BCUT2D eigenvalue weighted by Gasteiger charge is -2.30. The number of esters is 1. The van der Waals surface area contributed by atoms with Gasteiger partial charge in [-0.15, -0.1) is 5.10 Å². The van der Waals surface area contributed by atoms with E-state index in [4.69, 9.17) is 0 Å². The van der Waals surface area contributed by atoms with E-state index >= 15 is 0 Å². The number of sulfonamides is 1. The summed E-state index contributed by atoms with van der Waals surface area (Å²) in [6.07, 6.45) is 4.45. The molecule has 1 aliphatic rings. The van der Waals surface area contributed by atoms with Gasteiger partial charge in [-0.1, -0.05) is 0 Å². The van der Waals surface area contributed by atoms with Crippen molar-refractivity contribution >= 4 is 16.0 Å². The lowest BCUT2D eigenvalue weighted by molar-refractivity contribution is 0.0586. The Morgan fingerprint density at radius 3 is 2.95 bits per heavy atom. The zero-order valence-electron chi connectivity index (χ0n) is 11.5. The first-order chi connectivity index (χ1) is 9.40. The molecule has 0 bridgehead atoms. The van der Waals surface area contributed by atoms with E-state index in [-0.39, 0.29) is 11.7 Å². The summed E-state index contributed by atoms with van der Waals surface area (Å²) in [7, 11) is -1.88. The molecular formula is C11H18N4O4S. The van der Waals surface area contributed by atoms with Crippen molar-refractivity contribution in [2.24, 2.45) is 5.92 Å². The number of nitrogens with zero attached hydrogens (tertiary/aromatic N) is 4. The van der Waals surface area contributed by atoms with Crippen LogP contribution in [0.25, 0.3) is 0 Å². The molecule has 0 aliphatic carbocycles. The van der Waals surface area contributed by atoms with Crippen LogP contribution in [0.3, 0.4) is 0 Å². The number of piperidine rings is 1. The number of carbonyl (C=O) groups excluding carboxylic acids is 1. The molecule has 1 saturated heterocycles. The van der Waals surface area contributed by atoms with Crippen LogP contribution in [-0.2, 0) is 21.3 Å². The van der Waals surface area contributed by atoms with Gasteiger partial charge >= 0.3 is 5.97 Å². The van der Waals surface area contributed by atoms with Gasteiger partial charge in [0.25, 0.3) is 5.82 Å². The summed E-state index contributed by atoms with van der Waals surface area (Å²) in [5, 5.41) is 4.03. The first kappa shape index (κ1) is 14.9. The predicted molar refractivity (Wildman–Crippen MR) is 70.5 cm³/mol. The van der Waals surface area contributed by atoms with Crippen molar-refractivity contribution in [2.75, 3.05) is 26.5 Å². The van der Waals surface area contributed by atoms with Gasteiger partial charge < -0.3 is 4.74 Å². The maximum absolute atomic E-state index is 11.5. The Hall–Kier alpha value is -1.48. The topological polar surface area (TPSA) is 94.4 Å². The van der Waals surface area contributed by atoms with Crippen LogP contribution in [0.1, 0.15) is 23.5 Å². The molecule has 2 heterocycles. The van der Waals surface area contributed by atoms with Gasteiger partial charge in [0.1, 0.15) is 6.33 Å². The fraction of sp³-hybridized carbons (Fsp3) is 0.727. The van der Waals surface area contributed by atoms with Crippen LogP contribution >= 0.6 is 0 Å². The molecule has 0 spiro atoms. The van der Waals surface area contributed by atoms with Gasteiger partial charge in [-0.3, -0.25) is 4.68 Å². The van der Waals surface area contributed by atoms with Gasteiger partial charge in [0.2, 0.25) is 10.0 Å². The monoisotopic (exact) mass is 302 g/mol. The van der Waals surface area contributed by atoms with E-state index in [1.807, 2.05) is 0 Å². The summed E-state index contributed by atoms with van der Waals surface area (Å²) in [4.78, 5) is 15.1. The molecule has 1 unspecified atom stereocenters. The Bertz CT molecular complexity index is 583. The van der Waals surface area contributed by atoms with Crippen molar-refractivity contribution in [1.29, 1.82) is 0 Å². The quantitative estimate of drug-likeness (QED) is 0.711. The van der Waals surface area contributed by atoms with Crippen molar-refractivity contribution in [2.45, 2.75) is 19.4 Å². The maximum Gasteiger partial charge on any atom is 0.377 e. The van der Waals surface area contributed by atoms with Crippen LogP contribution in [0, 0.1) is 5.92 Å². The fourth-order valence-electron chi connectivity index (χ4n) is 2.31. The molecule has 1 fully saturated rings. The first-order valence-electron chi connectivity index (χ1n) is 6.33. The van der Waals surface area contributed by atoms with Gasteiger partial charge in [-0.05, 0) is 18.8 Å². The fourth-order valence-corrected chi connectivity index (χ4v) is 3.25. The van der Waals surface area contributed by atoms with Crippen molar-refractivity contribution in [1.82, 2.24) is 19.1 Å². The molecule has 8 nitrogen and oxygen atoms in total. The van der Waals surface area contributed by atoms with E-state index < -0.39 is 16.0 Å². The summed E-state index contributed by atoms with van der Waals surface area (Å²) < 4.78 is 30.7. The lowest BCUT2D eigenvalue weighted by Crippen LogP contribution is -2.40. The van der Waals surface area contributed by atoms with Crippen LogP contribution in [0.4, 0.5) is 0 Å². The molecule has 9 heteroatoms. The number of hydrogen-bond donors (Lipinski definition) is 0. The molecule has 0 aromatic carbocycles. The molecule has 1 aromatic rings. The smallest absolute Gasteiger partial charge is 0.377 e. The molecular weight excluding hydrogens is 284 g/mol. The van der Waals surface area contributed by atoms with Gasteiger partial charge in [0.05, 0.1) is 13.4 Å². The second kappa shape index (κ2) is 5.88. The van der Waals surface area contributed by atoms with Gasteiger partial charge in [-0.25, -0.2) is 22.5 Å². The molecule has 2 rings (SSSR count). The van der Waals surface area contributed by atoms with E-state index in [1.54, 1.807) is 4.68 Å². The minimum atomic E-state index is -3.15. The average molecular weight is 302 g/mol. The number of carbonyl (C=O) groups is 1. The Morgan fingerprint density at radius 1 is 1.55 bits per heavy atom. The maximum atomic E-state index is 11.5. The third kappa shape index (κ3) is 3.54. The van der Waals surface area contributed by atoms with Crippen LogP contribution in [0.15, 0.2) is 6.33 Å². The van der Waals surface area contributed by atoms with Gasteiger partial charge in [-0.2, -0.15) is 0 Å². The van der Waals surface area contributed by atoms with E-state index in [1.165, 1.54) is 24.0 Å². The van der Waals surface area contributed by atoms with E-state index in [9.17, 15) is 13.2 Å². The molecule has 1 aromatic heterocycles. The summed E-state index contributed by atoms with van der Waals surface area (Å²) in [6.45, 7) is 1.59.